The highest BCUT2D eigenvalue weighted by Crippen LogP contribution is 2.17. The zero-order valence-corrected chi connectivity index (χ0v) is 11.7. The molecule has 0 aliphatic rings. The van der Waals surface area contributed by atoms with Crippen molar-refractivity contribution in [3.8, 4) is 5.75 Å². The summed E-state index contributed by atoms with van der Waals surface area (Å²) in [6.07, 6.45) is 2.32. The van der Waals surface area contributed by atoms with Gasteiger partial charge in [0.2, 0.25) is 5.91 Å². The molecule has 0 spiro atoms. The van der Waals surface area contributed by atoms with E-state index in [1.807, 2.05) is 31.2 Å². The van der Waals surface area contributed by atoms with Crippen molar-refractivity contribution in [2.75, 3.05) is 11.2 Å². The van der Waals surface area contributed by atoms with Gasteiger partial charge in [-0.3, -0.25) is 4.79 Å². The average Bonchev–Trinajstić information content (AvgIpc) is 2.38. The molecule has 0 bridgehead atoms. The first-order chi connectivity index (χ1) is 8.65. The first-order valence-corrected chi connectivity index (χ1v) is 6.81. The van der Waals surface area contributed by atoms with Gasteiger partial charge in [-0.15, -0.1) is 11.6 Å². The molecule has 4 heteroatoms. The first kappa shape index (κ1) is 14.8. The van der Waals surface area contributed by atoms with E-state index in [1.54, 1.807) is 0 Å². The van der Waals surface area contributed by atoms with E-state index in [0.717, 1.165) is 17.9 Å². The lowest BCUT2D eigenvalue weighted by molar-refractivity contribution is -0.116. The van der Waals surface area contributed by atoms with Crippen molar-refractivity contribution in [2.24, 2.45) is 0 Å². The minimum Gasteiger partial charge on any atom is -0.491 e. The molecule has 1 unspecified atom stereocenters. The number of alkyl halides is 1. The van der Waals surface area contributed by atoms with Crippen LogP contribution in [-0.4, -0.2) is 17.9 Å². The van der Waals surface area contributed by atoms with Crippen LogP contribution in [0.15, 0.2) is 24.3 Å². The van der Waals surface area contributed by atoms with Crippen LogP contribution >= 0.6 is 11.6 Å². The molecule has 1 atom stereocenters. The number of benzene rings is 1. The van der Waals surface area contributed by atoms with Gasteiger partial charge in [-0.1, -0.05) is 6.92 Å². The fraction of sp³-hybridized carbons (Fsp3) is 0.500. The number of nitrogens with one attached hydrogen (secondary N) is 1. The predicted octanol–water partition coefficient (Wildman–Crippen LogP) is 3.82. The van der Waals surface area contributed by atoms with Gasteiger partial charge in [0.05, 0.1) is 6.10 Å². The molecule has 1 aromatic rings. The van der Waals surface area contributed by atoms with E-state index in [1.165, 1.54) is 0 Å². The fourth-order valence-corrected chi connectivity index (χ4v) is 1.52. The molecule has 0 aliphatic heterocycles. The van der Waals surface area contributed by atoms with E-state index in [9.17, 15) is 4.79 Å². The summed E-state index contributed by atoms with van der Waals surface area (Å²) in [5.74, 6) is 1.32. The Morgan fingerprint density at radius 2 is 2.06 bits per heavy atom. The van der Waals surface area contributed by atoms with E-state index in [2.05, 4.69) is 12.2 Å². The van der Waals surface area contributed by atoms with Crippen molar-refractivity contribution in [3.05, 3.63) is 24.3 Å². The molecular weight excluding hydrogens is 250 g/mol. The fourth-order valence-electron chi connectivity index (χ4n) is 1.38. The van der Waals surface area contributed by atoms with Gasteiger partial charge < -0.3 is 10.1 Å². The van der Waals surface area contributed by atoms with Gasteiger partial charge in [-0.05, 0) is 44.0 Å². The van der Waals surface area contributed by atoms with Crippen LogP contribution in [0.4, 0.5) is 5.69 Å². The highest BCUT2D eigenvalue weighted by Gasteiger charge is 2.03. The molecule has 0 fully saturated rings. The summed E-state index contributed by atoms with van der Waals surface area (Å²) in [6.45, 7) is 4.11. The van der Waals surface area contributed by atoms with Gasteiger partial charge in [-0.2, -0.15) is 0 Å². The summed E-state index contributed by atoms with van der Waals surface area (Å²) in [6, 6.07) is 7.42. The molecular formula is C14H20ClNO2. The number of rotatable bonds is 7. The summed E-state index contributed by atoms with van der Waals surface area (Å²) in [4.78, 5) is 11.5. The number of amides is 1. The summed E-state index contributed by atoms with van der Waals surface area (Å²) < 4.78 is 5.66. The van der Waals surface area contributed by atoms with E-state index in [0.29, 0.717) is 18.7 Å². The molecule has 0 aliphatic carbocycles. The molecule has 1 N–H and O–H groups in total. The normalized spacial score (nSPS) is 11.9. The van der Waals surface area contributed by atoms with Gasteiger partial charge in [0.15, 0.2) is 0 Å². The molecule has 3 nitrogen and oxygen atoms in total. The number of hydrogen-bond acceptors (Lipinski definition) is 2. The van der Waals surface area contributed by atoms with Crippen LogP contribution in [0.3, 0.4) is 0 Å². The largest absolute Gasteiger partial charge is 0.491 e. The monoisotopic (exact) mass is 269 g/mol. The third-order valence-electron chi connectivity index (χ3n) is 2.59. The third kappa shape index (κ3) is 5.41. The minimum absolute atomic E-state index is 0.00811. The maximum absolute atomic E-state index is 11.5. The number of carbonyl (C=O) groups is 1. The maximum Gasteiger partial charge on any atom is 0.224 e. The Labute approximate surface area is 113 Å². The molecule has 1 rings (SSSR count). The van der Waals surface area contributed by atoms with Gasteiger partial charge >= 0.3 is 0 Å². The van der Waals surface area contributed by atoms with Gasteiger partial charge in [0.25, 0.3) is 0 Å². The highest BCUT2D eigenvalue weighted by molar-refractivity contribution is 6.18. The minimum atomic E-state index is -0.00811. The summed E-state index contributed by atoms with van der Waals surface area (Å²) in [5, 5.41) is 2.82. The van der Waals surface area contributed by atoms with Crippen LogP contribution in [0.2, 0.25) is 0 Å². The Hall–Kier alpha value is -1.22. The van der Waals surface area contributed by atoms with Gasteiger partial charge in [0.1, 0.15) is 5.75 Å². The summed E-state index contributed by atoms with van der Waals surface area (Å²) in [5.41, 5.74) is 0.783. The van der Waals surface area contributed by atoms with Crippen molar-refractivity contribution in [1.29, 1.82) is 0 Å². The van der Waals surface area contributed by atoms with Crippen molar-refractivity contribution < 1.29 is 9.53 Å². The average molecular weight is 270 g/mol. The molecule has 0 aromatic heterocycles. The van der Waals surface area contributed by atoms with E-state index in [4.69, 9.17) is 16.3 Å². The quantitative estimate of drug-likeness (QED) is 0.764. The van der Waals surface area contributed by atoms with E-state index < -0.39 is 0 Å². The van der Waals surface area contributed by atoms with Gasteiger partial charge in [0, 0.05) is 18.0 Å². The van der Waals surface area contributed by atoms with Crippen LogP contribution in [0.1, 0.15) is 33.1 Å². The van der Waals surface area contributed by atoms with E-state index in [-0.39, 0.29) is 12.0 Å². The number of anilines is 1. The number of carbonyl (C=O) groups excluding carboxylic acids is 1. The summed E-state index contributed by atoms with van der Waals surface area (Å²) in [7, 11) is 0. The zero-order valence-electron chi connectivity index (χ0n) is 10.9. The maximum atomic E-state index is 11.5. The Kier molecular flexibility index (Phi) is 6.58. The standard InChI is InChI=1S/C14H20ClNO2/c1-3-11(2)18-13-8-6-12(7-9-13)16-14(17)5-4-10-15/h6-9,11H,3-5,10H2,1-2H3,(H,16,17). The SMILES string of the molecule is CCC(C)Oc1ccc(NC(=O)CCCCl)cc1. The van der Waals surface area contributed by atoms with Crippen molar-refractivity contribution in [2.45, 2.75) is 39.2 Å². The molecule has 1 aromatic carbocycles. The molecule has 0 saturated heterocycles. The Morgan fingerprint density at radius 3 is 2.61 bits per heavy atom. The molecule has 1 amide bonds. The Morgan fingerprint density at radius 1 is 1.39 bits per heavy atom. The second-order valence-electron chi connectivity index (χ2n) is 4.20. The number of hydrogen-bond donors (Lipinski definition) is 1. The highest BCUT2D eigenvalue weighted by atomic mass is 35.5. The first-order valence-electron chi connectivity index (χ1n) is 6.28. The second-order valence-corrected chi connectivity index (χ2v) is 4.58. The third-order valence-corrected chi connectivity index (χ3v) is 2.85. The molecule has 0 saturated carbocycles. The van der Waals surface area contributed by atoms with Crippen LogP contribution in [-0.2, 0) is 4.79 Å². The van der Waals surface area contributed by atoms with Crippen molar-refractivity contribution in [1.82, 2.24) is 0 Å². The van der Waals surface area contributed by atoms with Crippen molar-refractivity contribution in [3.63, 3.8) is 0 Å². The lowest BCUT2D eigenvalue weighted by Gasteiger charge is -2.13. The molecule has 100 valence electrons. The molecule has 0 heterocycles. The van der Waals surface area contributed by atoms with E-state index >= 15 is 0 Å². The van der Waals surface area contributed by atoms with Gasteiger partial charge in [-0.25, -0.2) is 0 Å². The number of halogens is 1. The summed E-state index contributed by atoms with van der Waals surface area (Å²) >= 11 is 5.53. The Balaban J connectivity index is 2.47. The topological polar surface area (TPSA) is 38.3 Å². The van der Waals surface area contributed by atoms with Crippen molar-refractivity contribution >= 4 is 23.2 Å². The lowest BCUT2D eigenvalue weighted by atomic mass is 10.2. The zero-order chi connectivity index (χ0) is 13.4. The number of ether oxygens (including phenoxy) is 1. The van der Waals surface area contributed by atoms with Crippen LogP contribution in [0.25, 0.3) is 0 Å². The smallest absolute Gasteiger partial charge is 0.224 e. The van der Waals surface area contributed by atoms with Crippen LogP contribution in [0.5, 0.6) is 5.75 Å². The van der Waals surface area contributed by atoms with Crippen LogP contribution in [0, 0.1) is 0 Å². The molecule has 0 radical (unpaired) electrons. The lowest BCUT2D eigenvalue weighted by Crippen LogP contribution is -2.12. The molecule has 18 heavy (non-hydrogen) atoms. The second kappa shape index (κ2) is 7.98. The Bertz CT molecular complexity index is 365. The van der Waals surface area contributed by atoms with Crippen LogP contribution < -0.4 is 10.1 Å². The predicted molar refractivity (Wildman–Crippen MR) is 75.4 cm³/mol.